The smallest absolute Gasteiger partial charge is 0.327 e. The van der Waals surface area contributed by atoms with Crippen LogP contribution in [0, 0.1) is 13.8 Å². The number of urea groups is 1. The third kappa shape index (κ3) is 3.74. The molecule has 0 bridgehead atoms. The summed E-state index contributed by atoms with van der Waals surface area (Å²) in [5.41, 5.74) is 1.92. The molecule has 3 rings (SSSR count). The summed E-state index contributed by atoms with van der Waals surface area (Å²) < 4.78 is 27.1. The van der Waals surface area contributed by atoms with Crippen LogP contribution < -0.4 is 0 Å². The number of rotatable bonds is 4. The van der Waals surface area contributed by atoms with Crippen molar-refractivity contribution in [2.75, 3.05) is 46.3 Å². The molecule has 9 nitrogen and oxygen atoms in total. The highest BCUT2D eigenvalue weighted by Gasteiger charge is 2.37. The van der Waals surface area contributed by atoms with Gasteiger partial charge in [-0.2, -0.15) is 4.31 Å². The molecular weight excluding hydrogens is 384 g/mol. The molecule has 0 saturated carbocycles. The first-order valence-corrected chi connectivity index (χ1v) is 10.5. The molecule has 1 aromatic rings. The average molecular weight is 408 g/mol. The van der Waals surface area contributed by atoms with Crippen LogP contribution in [0.1, 0.15) is 11.1 Å². The summed E-state index contributed by atoms with van der Waals surface area (Å²) in [6.45, 7) is 4.21. The van der Waals surface area contributed by atoms with E-state index in [0.29, 0.717) is 0 Å². The van der Waals surface area contributed by atoms with Crippen molar-refractivity contribution >= 4 is 27.9 Å². The number of imide groups is 1. The van der Waals surface area contributed by atoms with Crippen LogP contribution in [-0.4, -0.2) is 91.6 Å². The van der Waals surface area contributed by atoms with Crippen LogP contribution in [0.2, 0.25) is 0 Å². The maximum Gasteiger partial charge on any atom is 0.327 e. The van der Waals surface area contributed by atoms with Crippen LogP contribution in [-0.2, 0) is 19.6 Å². The predicted molar refractivity (Wildman–Crippen MR) is 101 cm³/mol. The van der Waals surface area contributed by atoms with E-state index < -0.39 is 22.0 Å². The van der Waals surface area contributed by atoms with E-state index in [0.717, 1.165) is 16.0 Å². The second-order valence-corrected chi connectivity index (χ2v) is 9.09. The van der Waals surface area contributed by atoms with E-state index >= 15 is 0 Å². The lowest BCUT2D eigenvalue weighted by Crippen LogP contribution is -2.53. The Bertz CT molecular complexity index is 922. The molecule has 0 aliphatic carbocycles. The van der Waals surface area contributed by atoms with E-state index in [4.69, 9.17) is 0 Å². The summed E-state index contributed by atoms with van der Waals surface area (Å²) in [5, 5.41) is 0. The lowest BCUT2D eigenvalue weighted by molar-refractivity contribution is -0.137. The number of carbonyl (C=O) groups excluding carboxylic acids is 3. The molecule has 2 fully saturated rings. The highest BCUT2D eigenvalue weighted by atomic mass is 32.2. The van der Waals surface area contributed by atoms with Crippen molar-refractivity contribution in [3.05, 3.63) is 29.3 Å². The number of likely N-dealkylation sites (N-methyl/N-ethyl adjacent to an activating group) is 1. The van der Waals surface area contributed by atoms with Crippen LogP contribution in [0.15, 0.2) is 23.1 Å². The van der Waals surface area contributed by atoms with Crippen molar-refractivity contribution in [1.29, 1.82) is 0 Å². The van der Waals surface area contributed by atoms with Crippen molar-refractivity contribution < 1.29 is 22.8 Å². The second kappa shape index (κ2) is 7.51. The summed E-state index contributed by atoms with van der Waals surface area (Å²) in [6.07, 6.45) is 0. The summed E-state index contributed by atoms with van der Waals surface area (Å²) in [7, 11) is -2.13. The van der Waals surface area contributed by atoms with Gasteiger partial charge < -0.3 is 9.80 Å². The fourth-order valence-electron chi connectivity index (χ4n) is 3.26. The van der Waals surface area contributed by atoms with Crippen LogP contribution in [0.4, 0.5) is 4.79 Å². The van der Waals surface area contributed by atoms with Gasteiger partial charge in [-0.25, -0.2) is 13.2 Å². The molecule has 0 spiro atoms. The molecular formula is C18H24N4O5S. The zero-order valence-corrected chi connectivity index (χ0v) is 17.0. The fraction of sp³-hybridized carbons (Fsp3) is 0.500. The first kappa shape index (κ1) is 20.3. The van der Waals surface area contributed by atoms with E-state index in [2.05, 4.69) is 0 Å². The van der Waals surface area contributed by atoms with E-state index in [-0.39, 0.29) is 50.1 Å². The van der Waals surface area contributed by atoms with Crippen LogP contribution in [0.3, 0.4) is 0 Å². The van der Waals surface area contributed by atoms with Gasteiger partial charge in [0.05, 0.1) is 4.90 Å². The number of aryl methyl sites for hydroxylation is 2. The molecule has 0 unspecified atom stereocenters. The van der Waals surface area contributed by atoms with Gasteiger partial charge in [-0.3, -0.25) is 14.5 Å². The third-order valence-corrected chi connectivity index (χ3v) is 7.13. The predicted octanol–water partition coefficient (Wildman–Crippen LogP) is 0.0303. The number of piperazine rings is 1. The Morgan fingerprint density at radius 3 is 2.21 bits per heavy atom. The molecule has 2 aliphatic rings. The Hall–Kier alpha value is -2.46. The van der Waals surface area contributed by atoms with Gasteiger partial charge in [0.15, 0.2) is 0 Å². The Balaban J connectivity index is 1.62. The number of hydrogen-bond acceptors (Lipinski definition) is 5. The Morgan fingerprint density at radius 2 is 1.68 bits per heavy atom. The molecule has 4 amide bonds. The third-order valence-electron chi connectivity index (χ3n) is 5.23. The summed E-state index contributed by atoms with van der Waals surface area (Å²) in [6, 6.07) is 4.54. The van der Waals surface area contributed by atoms with Gasteiger partial charge in [0.2, 0.25) is 15.9 Å². The number of hydrogen-bond donors (Lipinski definition) is 0. The maximum absolute atomic E-state index is 12.8. The average Bonchev–Trinajstić information content (AvgIpc) is 2.90. The van der Waals surface area contributed by atoms with Crippen molar-refractivity contribution in [3.8, 4) is 0 Å². The Kier molecular flexibility index (Phi) is 5.44. The normalized spacial score (nSPS) is 18.9. The van der Waals surface area contributed by atoms with Gasteiger partial charge in [-0.1, -0.05) is 6.07 Å². The van der Waals surface area contributed by atoms with Gasteiger partial charge in [0, 0.05) is 33.2 Å². The monoisotopic (exact) mass is 408 g/mol. The zero-order chi connectivity index (χ0) is 20.6. The van der Waals surface area contributed by atoms with E-state index in [1.54, 1.807) is 18.2 Å². The number of nitrogens with zero attached hydrogens (tertiary/aromatic N) is 4. The van der Waals surface area contributed by atoms with Gasteiger partial charge >= 0.3 is 6.03 Å². The highest BCUT2D eigenvalue weighted by Crippen LogP contribution is 2.20. The topological polar surface area (TPSA) is 98.3 Å². The number of carbonyl (C=O) groups is 3. The van der Waals surface area contributed by atoms with Crippen molar-refractivity contribution in [2.45, 2.75) is 18.7 Å². The molecule has 2 saturated heterocycles. The molecule has 0 radical (unpaired) electrons. The Labute approximate surface area is 164 Å². The van der Waals surface area contributed by atoms with Crippen LogP contribution in [0.5, 0.6) is 0 Å². The number of amides is 4. The van der Waals surface area contributed by atoms with Gasteiger partial charge in [-0.15, -0.1) is 0 Å². The first-order chi connectivity index (χ1) is 13.1. The lowest BCUT2D eigenvalue weighted by atomic mass is 10.1. The van der Waals surface area contributed by atoms with Gasteiger partial charge in [-0.05, 0) is 37.1 Å². The Morgan fingerprint density at radius 1 is 1.04 bits per heavy atom. The minimum Gasteiger partial charge on any atom is -0.338 e. The standard InChI is InChI=1S/C18H24N4O5S/c1-13-4-5-15(10-14(13)2)28(26,27)21-8-6-20(7-9-21)16(23)12-22-17(24)11-19(3)18(22)25/h4-5,10H,6-9,11-12H2,1-3H3. The van der Waals surface area contributed by atoms with Crippen molar-refractivity contribution in [3.63, 3.8) is 0 Å². The molecule has 28 heavy (non-hydrogen) atoms. The van der Waals surface area contributed by atoms with E-state index in [1.807, 2.05) is 13.8 Å². The number of benzene rings is 1. The van der Waals surface area contributed by atoms with Crippen LogP contribution >= 0.6 is 0 Å². The molecule has 0 atom stereocenters. The summed E-state index contributed by atoms with van der Waals surface area (Å²) >= 11 is 0. The quantitative estimate of drug-likeness (QED) is 0.655. The maximum atomic E-state index is 12.8. The van der Waals surface area contributed by atoms with Crippen molar-refractivity contribution in [1.82, 2.24) is 19.0 Å². The summed E-state index contributed by atoms with van der Waals surface area (Å²) in [4.78, 5) is 40.1. The van der Waals surface area contributed by atoms with Gasteiger partial charge in [0.1, 0.15) is 13.1 Å². The molecule has 10 heteroatoms. The molecule has 1 aromatic carbocycles. The molecule has 0 aromatic heterocycles. The molecule has 2 aliphatic heterocycles. The van der Waals surface area contributed by atoms with E-state index in [1.165, 1.54) is 21.2 Å². The first-order valence-electron chi connectivity index (χ1n) is 9.02. The highest BCUT2D eigenvalue weighted by molar-refractivity contribution is 7.89. The van der Waals surface area contributed by atoms with E-state index in [9.17, 15) is 22.8 Å². The minimum absolute atomic E-state index is 0.0336. The SMILES string of the molecule is Cc1ccc(S(=O)(=O)N2CCN(C(=O)CN3C(=O)CN(C)C3=O)CC2)cc1C. The van der Waals surface area contributed by atoms with Gasteiger partial charge in [0.25, 0.3) is 5.91 Å². The molecule has 152 valence electrons. The second-order valence-electron chi connectivity index (χ2n) is 7.15. The zero-order valence-electron chi connectivity index (χ0n) is 16.2. The molecule has 0 N–H and O–H groups in total. The molecule has 2 heterocycles. The number of sulfonamides is 1. The van der Waals surface area contributed by atoms with Crippen molar-refractivity contribution in [2.24, 2.45) is 0 Å². The van der Waals surface area contributed by atoms with Crippen LogP contribution in [0.25, 0.3) is 0 Å². The largest absolute Gasteiger partial charge is 0.338 e. The fourth-order valence-corrected chi connectivity index (χ4v) is 4.77. The minimum atomic E-state index is -3.63. The lowest BCUT2D eigenvalue weighted by Gasteiger charge is -2.34. The summed E-state index contributed by atoms with van der Waals surface area (Å²) in [5.74, 6) is -0.767.